The molecule has 1 saturated heterocycles. The van der Waals surface area contributed by atoms with Gasteiger partial charge >= 0.3 is 0 Å². The third-order valence-corrected chi connectivity index (χ3v) is 6.73. The van der Waals surface area contributed by atoms with Gasteiger partial charge < -0.3 is 9.80 Å². The SMILES string of the molecule is O=CC1NN=C(CCN2CCN(c3cccc([N+](=O)[O-])c3)CC2)N1CC1CCCCC1. The van der Waals surface area contributed by atoms with Crippen LogP contribution in [0, 0.1) is 16.0 Å². The molecule has 9 heteroatoms. The van der Waals surface area contributed by atoms with Gasteiger partial charge in [-0.1, -0.05) is 25.3 Å². The number of amidine groups is 1. The Balaban J connectivity index is 1.27. The normalized spacial score (nSPS) is 22.8. The maximum atomic E-state index is 11.5. The van der Waals surface area contributed by atoms with Crippen molar-refractivity contribution in [3.8, 4) is 0 Å². The molecule has 1 aliphatic carbocycles. The first-order chi connectivity index (χ1) is 15.1. The van der Waals surface area contributed by atoms with E-state index in [0.717, 1.165) is 63.5 Å². The molecule has 1 unspecified atom stereocenters. The molecule has 4 rings (SSSR count). The number of carbonyl (C=O) groups is 1. The fourth-order valence-corrected chi connectivity index (χ4v) is 4.90. The lowest BCUT2D eigenvalue weighted by molar-refractivity contribution is -0.384. The number of nitrogens with one attached hydrogen (secondary N) is 1. The summed E-state index contributed by atoms with van der Waals surface area (Å²) in [7, 11) is 0. The van der Waals surface area contributed by atoms with E-state index >= 15 is 0 Å². The summed E-state index contributed by atoms with van der Waals surface area (Å²) in [4.78, 5) is 29.0. The van der Waals surface area contributed by atoms with Gasteiger partial charge in [0.25, 0.3) is 5.69 Å². The van der Waals surface area contributed by atoms with Crippen molar-refractivity contribution in [2.24, 2.45) is 11.0 Å². The number of anilines is 1. The number of rotatable bonds is 8. The number of carbonyl (C=O) groups excluding carboxylic acids is 1. The van der Waals surface area contributed by atoms with Gasteiger partial charge in [0.15, 0.2) is 12.5 Å². The molecule has 1 N–H and O–H groups in total. The van der Waals surface area contributed by atoms with Crippen molar-refractivity contribution in [3.63, 3.8) is 0 Å². The lowest BCUT2D eigenvalue weighted by Crippen LogP contribution is -2.48. The minimum atomic E-state index is -0.345. The third-order valence-electron chi connectivity index (χ3n) is 6.73. The number of non-ortho nitro benzene ring substituents is 1. The molecule has 1 aromatic carbocycles. The number of piperazine rings is 1. The molecular weight excluding hydrogens is 396 g/mol. The van der Waals surface area contributed by atoms with Crippen LogP contribution in [0.2, 0.25) is 0 Å². The summed E-state index contributed by atoms with van der Waals surface area (Å²) < 4.78 is 0. The van der Waals surface area contributed by atoms with Crippen molar-refractivity contribution in [2.45, 2.75) is 44.7 Å². The Morgan fingerprint density at radius 3 is 2.65 bits per heavy atom. The summed E-state index contributed by atoms with van der Waals surface area (Å²) in [5, 5.41) is 15.5. The highest BCUT2D eigenvalue weighted by atomic mass is 16.6. The highest BCUT2D eigenvalue weighted by molar-refractivity contribution is 5.86. The molecule has 1 atom stereocenters. The van der Waals surface area contributed by atoms with E-state index in [1.807, 2.05) is 6.07 Å². The van der Waals surface area contributed by atoms with Crippen LogP contribution in [0.5, 0.6) is 0 Å². The van der Waals surface area contributed by atoms with Crippen molar-refractivity contribution in [1.29, 1.82) is 0 Å². The van der Waals surface area contributed by atoms with Gasteiger partial charge in [-0.3, -0.25) is 25.2 Å². The maximum Gasteiger partial charge on any atom is 0.271 e. The second-order valence-electron chi connectivity index (χ2n) is 8.75. The van der Waals surface area contributed by atoms with Crippen LogP contribution in [0.1, 0.15) is 38.5 Å². The van der Waals surface area contributed by atoms with Crippen LogP contribution in [0.25, 0.3) is 0 Å². The first-order valence-corrected chi connectivity index (χ1v) is 11.4. The molecule has 0 bridgehead atoms. The van der Waals surface area contributed by atoms with Gasteiger partial charge in [-0.15, -0.1) is 0 Å². The number of benzene rings is 1. The van der Waals surface area contributed by atoms with Crippen LogP contribution >= 0.6 is 0 Å². The van der Waals surface area contributed by atoms with Crippen molar-refractivity contribution in [2.75, 3.05) is 44.2 Å². The largest absolute Gasteiger partial charge is 0.369 e. The maximum absolute atomic E-state index is 11.5. The predicted molar refractivity (Wildman–Crippen MR) is 120 cm³/mol. The quantitative estimate of drug-likeness (QED) is 0.386. The first kappa shape index (κ1) is 21.5. The van der Waals surface area contributed by atoms with Crippen LogP contribution in [-0.4, -0.2) is 72.3 Å². The molecule has 2 aliphatic heterocycles. The Labute approximate surface area is 183 Å². The number of aldehydes is 1. The summed E-state index contributed by atoms with van der Waals surface area (Å²) >= 11 is 0. The highest BCUT2D eigenvalue weighted by Crippen LogP contribution is 2.26. The van der Waals surface area contributed by atoms with Crippen LogP contribution in [-0.2, 0) is 4.79 Å². The Kier molecular flexibility index (Phi) is 7.01. The lowest BCUT2D eigenvalue weighted by atomic mass is 9.89. The minimum Gasteiger partial charge on any atom is -0.369 e. The smallest absolute Gasteiger partial charge is 0.271 e. The highest BCUT2D eigenvalue weighted by Gasteiger charge is 2.30. The predicted octanol–water partition coefficient (Wildman–Crippen LogP) is 2.43. The van der Waals surface area contributed by atoms with Crippen molar-refractivity contribution in [1.82, 2.24) is 15.2 Å². The molecular formula is C22H32N6O3. The molecule has 0 radical (unpaired) electrons. The Morgan fingerprint density at radius 1 is 1.16 bits per heavy atom. The molecule has 0 amide bonds. The second-order valence-corrected chi connectivity index (χ2v) is 8.75. The summed E-state index contributed by atoms with van der Waals surface area (Å²) in [6.45, 7) is 5.31. The molecule has 168 valence electrons. The third kappa shape index (κ3) is 5.33. The van der Waals surface area contributed by atoms with E-state index in [9.17, 15) is 14.9 Å². The van der Waals surface area contributed by atoms with Gasteiger partial charge in [0.1, 0.15) is 5.84 Å². The number of hydrogen-bond acceptors (Lipinski definition) is 8. The van der Waals surface area contributed by atoms with E-state index in [0.29, 0.717) is 5.92 Å². The standard InChI is InChI=1S/C22H32N6O3/c29-17-22-24-23-21(27(22)16-18-5-2-1-3-6-18)9-10-25-11-13-26(14-12-25)19-7-4-8-20(15-19)28(30)31/h4,7-8,15,17-18,22,24H,1-3,5-6,9-14,16H2. The van der Waals surface area contributed by atoms with Gasteiger partial charge in [-0.25, -0.2) is 0 Å². The molecule has 31 heavy (non-hydrogen) atoms. The van der Waals surface area contributed by atoms with Gasteiger partial charge in [0.05, 0.1) is 4.92 Å². The number of hydrogen-bond donors (Lipinski definition) is 1. The monoisotopic (exact) mass is 428 g/mol. The average molecular weight is 429 g/mol. The summed E-state index contributed by atoms with van der Waals surface area (Å²) in [6.07, 6.45) is 7.84. The van der Waals surface area contributed by atoms with Crippen molar-refractivity contribution >= 4 is 23.5 Å². The minimum absolute atomic E-state index is 0.134. The molecule has 0 aromatic heterocycles. The number of nitro benzene ring substituents is 1. The number of hydrazone groups is 1. The van der Waals surface area contributed by atoms with E-state index < -0.39 is 0 Å². The molecule has 0 spiro atoms. The summed E-state index contributed by atoms with van der Waals surface area (Å²) in [5.41, 5.74) is 4.03. The number of nitrogens with zero attached hydrogens (tertiary/aromatic N) is 5. The van der Waals surface area contributed by atoms with Crippen LogP contribution in [0.4, 0.5) is 11.4 Å². The zero-order valence-corrected chi connectivity index (χ0v) is 18.0. The van der Waals surface area contributed by atoms with Gasteiger partial charge in [-0.05, 0) is 24.8 Å². The first-order valence-electron chi connectivity index (χ1n) is 11.4. The van der Waals surface area contributed by atoms with E-state index in [1.54, 1.807) is 12.1 Å². The summed E-state index contributed by atoms with van der Waals surface area (Å²) in [6, 6.07) is 6.86. The van der Waals surface area contributed by atoms with Gasteiger partial charge in [0.2, 0.25) is 0 Å². The van der Waals surface area contributed by atoms with Crippen molar-refractivity contribution in [3.05, 3.63) is 34.4 Å². The zero-order valence-electron chi connectivity index (χ0n) is 18.0. The molecule has 2 heterocycles. The molecule has 3 aliphatic rings. The van der Waals surface area contributed by atoms with Crippen LogP contribution in [0.15, 0.2) is 29.4 Å². The Hall–Kier alpha value is -2.68. The second kappa shape index (κ2) is 10.1. The topological polar surface area (TPSA) is 94.3 Å². The van der Waals surface area contributed by atoms with Crippen LogP contribution < -0.4 is 10.3 Å². The summed E-state index contributed by atoms with van der Waals surface area (Å²) in [5.74, 6) is 1.64. The lowest BCUT2D eigenvalue weighted by Gasteiger charge is -2.36. The molecule has 1 aromatic rings. The molecule has 9 nitrogen and oxygen atoms in total. The van der Waals surface area contributed by atoms with Gasteiger partial charge in [-0.2, -0.15) is 5.10 Å². The van der Waals surface area contributed by atoms with Gasteiger partial charge in [0, 0.05) is 63.5 Å². The van der Waals surface area contributed by atoms with E-state index in [4.69, 9.17) is 0 Å². The van der Waals surface area contributed by atoms with E-state index in [-0.39, 0.29) is 16.8 Å². The number of nitro groups is 1. The average Bonchev–Trinajstić information content (AvgIpc) is 3.20. The fourth-order valence-electron chi connectivity index (χ4n) is 4.90. The molecule has 2 fully saturated rings. The Bertz CT molecular complexity index is 802. The fraction of sp³-hybridized carbons (Fsp3) is 0.636. The van der Waals surface area contributed by atoms with Crippen LogP contribution in [0.3, 0.4) is 0 Å². The van der Waals surface area contributed by atoms with E-state index in [1.165, 1.54) is 38.2 Å². The molecule has 1 saturated carbocycles. The van der Waals surface area contributed by atoms with E-state index in [2.05, 4.69) is 25.2 Å². The Morgan fingerprint density at radius 2 is 1.94 bits per heavy atom. The zero-order chi connectivity index (χ0) is 21.6. The van der Waals surface area contributed by atoms with Crippen molar-refractivity contribution < 1.29 is 9.72 Å².